The fraction of sp³-hybridized carbons (Fsp3) is 0.0909. The van der Waals surface area contributed by atoms with Crippen LogP contribution >= 0.6 is 15.9 Å². The van der Waals surface area contributed by atoms with E-state index in [0.717, 1.165) is 26.5 Å². The van der Waals surface area contributed by atoms with Gasteiger partial charge in [-0.1, -0.05) is 12.1 Å². The van der Waals surface area contributed by atoms with E-state index in [-0.39, 0.29) is 11.8 Å². The summed E-state index contributed by atoms with van der Waals surface area (Å²) in [6.07, 6.45) is 1.69. The van der Waals surface area contributed by atoms with E-state index in [9.17, 15) is 9.18 Å². The minimum atomic E-state index is -0.360. The number of fused-ring (bicyclic) bond motifs is 1. The lowest BCUT2D eigenvalue weighted by Gasteiger charge is -2.05. The molecule has 28 heavy (non-hydrogen) atoms. The predicted molar refractivity (Wildman–Crippen MR) is 108 cm³/mol. The number of hydrogen-bond donors (Lipinski definition) is 0. The van der Waals surface area contributed by atoms with E-state index < -0.39 is 0 Å². The van der Waals surface area contributed by atoms with Crippen molar-refractivity contribution in [2.45, 2.75) is 6.92 Å². The first kappa shape index (κ1) is 18.4. The highest BCUT2D eigenvalue weighted by molar-refractivity contribution is 9.10. The summed E-state index contributed by atoms with van der Waals surface area (Å²) in [6.45, 7) is 2.10. The number of nitrogens with zero attached hydrogens (tertiary/aromatic N) is 1. The number of carbonyl (C=O) groups is 1. The second-order valence-corrected chi connectivity index (χ2v) is 6.92. The summed E-state index contributed by atoms with van der Waals surface area (Å²) in [7, 11) is 0. The third-order valence-corrected chi connectivity index (χ3v) is 5.09. The van der Waals surface area contributed by atoms with Crippen LogP contribution in [0.5, 0.6) is 0 Å². The number of benzene rings is 2. The summed E-state index contributed by atoms with van der Waals surface area (Å²) < 4.78 is 24.9. The molecule has 0 spiro atoms. The molecule has 4 aromatic rings. The van der Waals surface area contributed by atoms with Gasteiger partial charge in [0, 0.05) is 17.3 Å². The number of halogens is 2. The summed E-state index contributed by atoms with van der Waals surface area (Å²) in [4.78, 5) is 16.4. The van der Waals surface area contributed by atoms with Crippen LogP contribution in [-0.4, -0.2) is 17.6 Å². The van der Waals surface area contributed by atoms with Crippen molar-refractivity contribution >= 4 is 33.0 Å². The maximum atomic E-state index is 13.2. The van der Waals surface area contributed by atoms with Crippen LogP contribution in [0.4, 0.5) is 4.39 Å². The fourth-order valence-corrected chi connectivity index (χ4v) is 3.53. The molecule has 0 aliphatic carbocycles. The fourth-order valence-electron chi connectivity index (χ4n) is 2.94. The highest BCUT2D eigenvalue weighted by Crippen LogP contribution is 2.38. The van der Waals surface area contributed by atoms with Crippen molar-refractivity contribution < 1.29 is 18.3 Å². The standard InChI is InChI=1S/C22H15BrFNO3/c1-2-27-22(26)15-5-3-4-14(10-15)16-11-18-19(23)20(28-21(18)25-12-16)13-6-8-17(24)9-7-13/h3-12H,2H2,1H3. The lowest BCUT2D eigenvalue weighted by atomic mass is 10.0. The van der Waals surface area contributed by atoms with Crippen molar-refractivity contribution in [2.24, 2.45) is 0 Å². The molecule has 0 saturated heterocycles. The molecule has 0 atom stereocenters. The molecular weight excluding hydrogens is 425 g/mol. The lowest BCUT2D eigenvalue weighted by Crippen LogP contribution is -2.04. The molecule has 0 aliphatic rings. The van der Waals surface area contributed by atoms with Gasteiger partial charge in [-0.15, -0.1) is 0 Å². The number of rotatable bonds is 4. The van der Waals surface area contributed by atoms with Crippen molar-refractivity contribution in [2.75, 3.05) is 6.61 Å². The quantitative estimate of drug-likeness (QED) is 0.353. The molecule has 2 aromatic carbocycles. The Morgan fingerprint density at radius 1 is 1.11 bits per heavy atom. The van der Waals surface area contributed by atoms with Gasteiger partial charge in [-0.2, -0.15) is 0 Å². The lowest BCUT2D eigenvalue weighted by molar-refractivity contribution is 0.0526. The molecule has 0 N–H and O–H groups in total. The van der Waals surface area contributed by atoms with Crippen LogP contribution in [0.15, 0.2) is 69.7 Å². The van der Waals surface area contributed by atoms with E-state index in [2.05, 4.69) is 20.9 Å². The van der Waals surface area contributed by atoms with Gasteiger partial charge < -0.3 is 9.15 Å². The van der Waals surface area contributed by atoms with Crippen LogP contribution < -0.4 is 0 Å². The summed E-state index contributed by atoms with van der Waals surface area (Å²) in [5.74, 6) is -0.0840. The third-order valence-electron chi connectivity index (χ3n) is 4.30. The molecule has 140 valence electrons. The molecule has 0 fully saturated rings. The minimum absolute atomic E-state index is 0.308. The maximum absolute atomic E-state index is 13.2. The number of carbonyl (C=O) groups excluding carboxylic acids is 1. The maximum Gasteiger partial charge on any atom is 0.338 e. The molecule has 4 rings (SSSR count). The van der Waals surface area contributed by atoms with Gasteiger partial charge in [0.25, 0.3) is 0 Å². The van der Waals surface area contributed by atoms with Gasteiger partial charge in [0.05, 0.1) is 22.0 Å². The third kappa shape index (κ3) is 3.43. The Balaban J connectivity index is 1.76. The van der Waals surface area contributed by atoms with Gasteiger partial charge in [0.1, 0.15) is 5.82 Å². The molecule has 0 amide bonds. The van der Waals surface area contributed by atoms with Crippen LogP contribution in [0.2, 0.25) is 0 Å². The van der Waals surface area contributed by atoms with Gasteiger partial charge in [0.2, 0.25) is 5.71 Å². The SMILES string of the molecule is CCOC(=O)c1cccc(-c2cnc3oc(-c4ccc(F)cc4)c(Br)c3c2)c1. The molecule has 6 heteroatoms. The molecule has 2 heterocycles. The molecule has 0 saturated carbocycles. The Bertz CT molecular complexity index is 1170. The van der Waals surface area contributed by atoms with E-state index >= 15 is 0 Å². The molecule has 0 radical (unpaired) electrons. The summed E-state index contributed by atoms with van der Waals surface area (Å²) >= 11 is 3.57. The summed E-state index contributed by atoms with van der Waals surface area (Å²) in [6, 6.07) is 15.2. The van der Waals surface area contributed by atoms with Crippen molar-refractivity contribution in [1.82, 2.24) is 4.98 Å². The molecule has 0 aliphatic heterocycles. The van der Waals surface area contributed by atoms with Crippen LogP contribution in [-0.2, 0) is 4.74 Å². The van der Waals surface area contributed by atoms with E-state index in [0.29, 0.717) is 23.6 Å². The van der Waals surface area contributed by atoms with E-state index in [1.165, 1.54) is 12.1 Å². The number of pyridine rings is 1. The molecule has 2 aromatic heterocycles. The van der Waals surface area contributed by atoms with Crippen molar-refractivity contribution in [3.05, 3.63) is 76.6 Å². The van der Waals surface area contributed by atoms with Gasteiger partial charge in [0.15, 0.2) is 5.76 Å². The summed E-state index contributed by atoms with van der Waals surface area (Å²) in [5.41, 5.74) is 3.38. The number of aromatic nitrogens is 1. The second-order valence-electron chi connectivity index (χ2n) is 6.13. The highest BCUT2D eigenvalue weighted by Gasteiger charge is 2.16. The number of furan rings is 1. The number of ether oxygens (including phenoxy) is 1. The normalized spacial score (nSPS) is 11.0. The van der Waals surface area contributed by atoms with Crippen LogP contribution in [0, 0.1) is 5.82 Å². The predicted octanol–water partition coefficient (Wildman–Crippen LogP) is 6.24. The first-order chi connectivity index (χ1) is 13.6. The number of esters is 1. The smallest absolute Gasteiger partial charge is 0.338 e. The van der Waals surface area contributed by atoms with E-state index in [1.54, 1.807) is 43.5 Å². The van der Waals surface area contributed by atoms with Gasteiger partial charge in [-0.25, -0.2) is 14.2 Å². The van der Waals surface area contributed by atoms with Gasteiger partial charge in [-0.05, 0) is 70.9 Å². The van der Waals surface area contributed by atoms with Crippen molar-refractivity contribution in [1.29, 1.82) is 0 Å². The number of hydrogen-bond acceptors (Lipinski definition) is 4. The zero-order valence-corrected chi connectivity index (χ0v) is 16.5. The molecule has 4 nitrogen and oxygen atoms in total. The Hall–Kier alpha value is -2.99. The Kier molecular flexibility index (Phi) is 4.96. The first-order valence-electron chi connectivity index (χ1n) is 8.68. The Morgan fingerprint density at radius 3 is 2.64 bits per heavy atom. The largest absolute Gasteiger partial charge is 0.462 e. The Morgan fingerprint density at radius 2 is 1.89 bits per heavy atom. The van der Waals surface area contributed by atoms with E-state index in [1.807, 2.05) is 12.1 Å². The van der Waals surface area contributed by atoms with Gasteiger partial charge >= 0.3 is 5.97 Å². The van der Waals surface area contributed by atoms with Crippen LogP contribution in [0.25, 0.3) is 33.6 Å². The van der Waals surface area contributed by atoms with Gasteiger partial charge in [-0.3, -0.25) is 0 Å². The van der Waals surface area contributed by atoms with Crippen molar-refractivity contribution in [3.63, 3.8) is 0 Å². The van der Waals surface area contributed by atoms with Crippen LogP contribution in [0.3, 0.4) is 0 Å². The minimum Gasteiger partial charge on any atom is -0.462 e. The first-order valence-corrected chi connectivity index (χ1v) is 9.47. The summed E-state index contributed by atoms with van der Waals surface area (Å²) in [5, 5.41) is 0.790. The monoisotopic (exact) mass is 439 g/mol. The average molecular weight is 440 g/mol. The van der Waals surface area contributed by atoms with Crippen LogP contribution in [0.1, 0.15) is 17.3 Å². The molecule has 0 unspecified atom stereocenters. The molecule has 0 bridgehead atoms. The molecular formula is C22H15BrFNO3. The zero-order valence-electron chi connectivity index (χ0n) is 14.9. The highest BCUT2D eigenvalue weighted by atomic mass is 79.9. The van der Waals surface area contributed by atoms with Crippen molar-refractivity contribution in [3.8, 4) is 22.5 Å². The second kappa shape index (κ2) is 7.56. The average Bonchev–Trinajstić information content (AvgIpc) is 3.05. The Labute approximate surface area is 169 Å². The zero-order chi connectivity index (χ0) is 19.7. The van der Waals surface area contributed by atoms with E-state index in [4.69, 9.17) is 9.15 Å². The topological polar surface area (TPSA) is 52.3 Å².